The van der Waals surface area contributed by atoms with E-state index in [1.54, 1.807) is 11.3 Å². The molecule has 164 valence electrons. The van der Waals surface area contributed by atoms with Crippen molar-refractivity contribution in [3.63, 3.8) is 0 Å². The first-order valence-electron chi connectivity index (χ1n) is 11.7. The molecule has 2 aromatic heterocycles. The van der Waals surface area contributed by atoms with Gasteiger partial charge in [-0.1, -0.05) is 54.6 Å². The lowest BCUT2D eigenvalue weighted by molar-refractivity contribution is 1.11. The van der Waals surface area contributed by atoms with Gasteiger partial charge in [0.1, 0.15) is 5.01 Å². The zero-order chi connectivity index (χ0) is 22.9. The van der Waals surface area contributed by atoms with Crippen molar-refractivity contribution in [3.8, 4) is 16.3 Å². The number of aromatic nitrogens is 2. The van der Waals surface area contributed by atoms with Crippen molar-refractivity contribution in [2.45, 2.75) is 0 Å². The number of nitrogens with zero attached hydrogens (tertiary/aromatic N) is 3. The summed E-state index contributed by atoms with van der Waals surface area (Å²) in [5.74, 6) is 0. The number of hydrogen-bond donors (Lipinski definition) is 0. The number of rotatable bonds is 2. The van der Waals surface area contributed by atoms with Crippen molar-refractivity contribution in [2.24, 2.45) is 0 Å². The van der Waals surface area contributed by atoms with E-state index in [1.165, 1.54) is 43.6 Å². The summed E-state index contributed by atoms with van der Waals surface area (Å²) in [4.78, 5) is 7.24. The molecule has 0 bridgehead atoms. The van der Waals surface area contributed by atoms with E-state index in [1.807, 2.05) is 6.07 Å². The van der Waals surface area contributed by atoms with Crippen LogP contribution < -0.4 is 4.90 Å². The fourth-order valence-electron chi connectivity index (χ4n) is 5.43. The van der Waals surface area contributed by atoms with Crippen LogP contribution in [0.5, 0.6) is 0 Å². The molecule has 0 unspecified atom stereocenters. The van der Waals surface area contributed by atoms with Gasteiger partial charge in [0.2, 0.25) is 0 Å². The molecule has 0 saturated carbocycles. The molecular weight excluding hydrogens is 446 g/mol. The minimum absolute atomic E-state index is 1.05. The molecule has 35 heavy (non-hydrogen) atoms. The number of hydrogen-bond acceptors (Lipinski definition) is 3. The van der Waals surface area contributed by atoms with Gasteiger partial charge < -0.3 is 9.47 Å². The van der Waals surface area contributed by atoms with Crippen LogP contribution in [0.2, 0.25) is 0 Å². The molecule has 0 fully saturated rings. The highest BCUT2D eigenvalue weighted by Gasteiger charge is 2.27. The summed E-state index contributed by atoms with van der Waals surface area (Å²) in [5, 5.41) is 3.62. The summed E-state index contributed by atoms with van der Waals surface area (Å²) in [6.07, 6.45) is 0. The zero-order valence-corrected chi connectivity index (χ0v) is 19.5. The number of para-hydroxylation sites is 5. The van der Waals surface area contributed by atoms with Crippen molar-refractivity contribution in [1.29, 1.82) is 0 Å². The van der Waals surface area contributed by atoms with E-state index < -0.39 is 0 Å². The third-order valence-electron chi connectivity index (χ3n) is 6.94. The molecule has 3 nitrogen and oxygen atoms in total. The van der Waals surface area contributed by atoms with E-state index in [9.17, 15) is 0 Å². The van der Waals surface area contributed by atoms with Crippen LogP contribution in [0.4, 0.5) is 17.1 Å². The van der Waals surface area contributed by atoms with E-state index in [-0.39, 0.29) is 0 Å². The molecule has 3 heterocycles. The van der Waals surface area contributed by atoms with Crippen molar-refractivity contribution in [2.75, 3.05) is 4.90 Å². The average Bonchev–Trinajstić information content (AvgIpc) is 3.50. The maximum atomic E-state index is 4.85. The fourth-order valence-corrected chi connectivity index (χ4v) is 6.40. The standard InChI is InChI=1S/C31H19N3S/c1-3-11-25-22(8-1)23-9-7-14-28-30(23)34(25)27-13-5-4-12-26(27)33(28)21-18-16-20(17-19-21)31-32-24-10-2-6-15-29(24)35-31/h1-19H. The normalized spacial score (nSPS) is 12.5. The molecular formula is C31H19N3S. The summed E-state index contributed by atoms with van der Waals surface area (Å²) >= 11 is 1.74. The highest BCUT2D eigenvalue weighted by Crippen LogP contribution is 2.49. The average molecular weight is 466 g/mol. The highest BCUT2D eigenvalue weighted by molar-refractivity contribution is 7.21. The van der Waals surface area contributed by atoms with Gasteiger partial charge in [-0.25, -0.2) is 4.98 Å². The minimum atomic E-state index is 1.05. The minimum Gasteiger partial charge on any atom is -0.306 e. The fraction of sp³-hybridized carbons (Fsp3) is 0. The van der Waals surface area contributed by atoms with Crippen LogP contribution in [-0.4, -0.2) is 9.55 Å². The second kappa shape index (κ2) is 7.05. The van der Waals surface area contributed by atoms with Crippen molar-refractivity contribution >= 4 is 60.4 Å². The van der Waals surface area contributed by atoms with Gasteiger partial charge in [0.05, 0.1) is 38.3 Å². The van der Waals surface area contributed by atoms with Gasteiger partial charge in [0.15, 0.2) is 0 Å². The van der Waals surface area contributed by atoms with Crippen LogP contribution in [0.1, 0.15) is 0 Å². The van der Waals surface area contributed by atoms with Crippen LogP contribution in [0.3, 0.4) is 0 Å². The Balaban J connectivity index is 1.34. The molecule has 0 atom stereocenters. The molecule has 7 aromatic rings. The zero-order valence-electron chi connectivity index (χ0n) is 18.7. The Labute approximate surface area is 206 Å². The molecule has 0 amide bonds. The van der Waals surface area contributed by atoms with Crippen molar-refractivity contribution in [1.82, 2.24) is 9.55 Å². The van der Waals surface area contributed by atoms with Crippen LogP contribution in [-0.2, 0) is 0 Å². The lowest BCUT2D eigenvalue weighted by Crippen LogP contribution is -2.17. The van der Waals surface area contributed by atoms with E-state index in [2.05, 4.69) is 119 Å². The lowest BCUT2D eigenvalue weighted by atomic mass is 10.1. The van der Waals surface area contributed by atoms with Gasteiger partial charge in [-0.15, -0.1) is 11.3 Å². The van der Waals surface area contributed by atoms with E-state index in [0.717, 1.165) is 21.8 Å². The smallest absolute Gasteiger partial charge is 0.124 e. The molecule has 5 aromatic carbocycles. The van der Waals surface area contributed by atoms with E-state index >= 15 is 0 Å². The van der Waals surface area contributed by atoms with Crippen molar-refractivity contribution in [3.05, 3.63) is 115 Å². The van der Waals surface area contributed by atoms with E-state index in [0.29, 0.717) is 0 Å². The Bertz CT molecular complexity index is 1880. The van der Waals surface area contributed by atoms with Gasteiger partial charge in [0, 0.05) is 22.0 Å². The second-order valence-corrected chi connectivity index (χ2v) is 9.91. The Morgan fingerprint density at radius 1 is 0.571 bits per heavy atom. The summed E-state index contributed by atoms with van der Waals surface area (Å²) in [7, 11) is 0. The summed E-state index contributed by atoms with van der Waals surface area (Å²) in [6.45, 7) is 0. The molecule has 0 N–H and O–H groups in total. The Morgan fingerprint density at radius 3 is 2.17 bits per heavy atom. The molecule has 1 aliphatic heterocycles. The van der Waals surface area contributed by atoms with Gasteiger partial charge in [-0.05, 0) is 60.7 Å². The first-order valence-corrected chi connectivity index (χ1v) is 12.6. The molecule has 1 aliphatic rings. The van der Waals surface area contributed by atoms with Crippen LogP contribution in [0.25, 0.3) is 48.3 Å². The quantitative estimate of drug-likeness (QED) is 0.254. The van der Waals surface area contributed by atoms with Crippen LogP contribution in [0, 0.1) is 0 Å². The highest BCUT2D eigenvalue weighted by atomic mass is 32.1. The monoisotopic (exact) mass is 465 g/mol. The number of benzene rings is 5. The lowest BCUT2D eigenvalue weighted by Gasteiger charge is -2.33. The first kappa shape index (κ1) is 19.0. The molecule has 0 saturated heterocycles. The maximum absolute atomic E-state index is 4.85. The number of thiazole rings is 1. The first-order chi connectivity index (χ1) is 17.4. The van der Waals surface area contributed by atoms with Gasteiger partial charge >= 0.3 is 0 Å². The SMILES string of the molecule is c1ccc2c(c1)N(c1ccc(-c3nc4ccccc4s3)cc1)c1cccc3c4ccccc4n-2c13. The Hall–Kier alpha value is -4.41. The third kappa shape index (κ3) is 2.63. The van der Waals surface area contributed by atoms with Gasteiger partial charge in [0.25, 0.3) is 0 Å². The molecule has 0 aliphatic carbocycles. The number of fused-ring (bicyclic) bond motifs is 6. The summed E-state index contributed by atoms with van der Waals surface area (Å²) < 4.78 is 3.64. The van der Waals surface area contributed by atoms with Crippen molar-refractivity contribution < 1.29 is 0 Å². The number of anilines is 3. The second-order valence-electron chi connectivity index (χ2n) is 8.88. The molecule has 0 spiro atoms. The Kier molecular flexibility index (Phi) is 3.82. The predicted molar refractivity (Wildman–Crippen MR) is 148 cm³/mol. The van der Waals surface area contributed by atoms with Crippen LogP contribution >= 0.6 is 11.3 Å². The van der Waals surface area contributed by atoms with Gasteiger partial charge in [-0.3, -0.25) is 0 Å². The molecule has 8 rings (SSSR count). The predicted octanol–water partition coefficient (Wildman–Crippen LogP) is 8.84. The largest absolute Gasteiger partial charge is 0.306 e. The molecule has 0 radical (unpaired) electrons. The summed E-state index contributed by atoms with van der Waals surface area (Å²) in [5.41, 5.74) is 9.43. The maximum Gasteiger partial charge on any atom is 0.124 e. The van der Waals surface area contributed by atoms with E-state index in [4.69, 9.17) is 4.98 Å². The van der Waals surface area contributed by atoms with Crippen LogP contribution in [0.15, 0.2) is 115 Å². The Morgan fingerprint density at radius 2 is 1.29 bits per heavy atom. The third-order valence-corrected chi connectivity index (χ3v) is 8.03. The molecule has 4 heteroatoms. The van der Waals surface area contributed by atoms with Gasteiger partial charge in [-0.2, -0.15) is 0 Å². The topological polar surface area (TPSA) is 21.1 Å². The summed E-state index contributed by atoms with van der Waals surface area (Å²) in [6, 6.07) is 41.2.